The molecular weight excluding hydrogens is 350 g/mol. The van der Waals surface area contributed by atoms with E-state index < -0.39 is 0 Å². The SMILES string of the molecule is Cc1ccccc1C1CCN(C(=O)C2CCc3c(O)cccc3C(=O)C2)CC1. The Kier molecular flexibility index (Phi) is 5.21. The summed E-state index contributed by atoms with van der Waals surface area (Å²) in [7, 11) is 0. The average Bonchev–Trinajstić information content (AvgIpc) is 2.88. The molecule has 1 unspecified atom stereocenters. The molecule has 1 atom stereocenters. The average molecular weight is 377 g/mol. The second-order valence-corrected chi connectivity index (χ2v) is 8.12. The van der Waals surface area contributed by atoms with Gasteiger partial charge < -0.3 is 10.0 Å². The Balaban J connectivity index is 1.42. The minimum Gasteiger partial charge on any atom is -0.508 e. The van der Waals surface area contributed by atoms with Crippen molar-refractivity contribution in [1.82, 2.24) is 4.90 Å². The maximum Gasteiger partial charge on any atom is 0.226 e. The zero-order valence-electron chi connectivity index (χ0n) is 16.4. The summed E-state index contributed by atoms with van der Waals surface area (Å²) >= 11 is 0. The maximum atomic E-state index is 13.1. The predicted octanol–water partition coefficient (Wildman–Crippen LogP) is 4.24. The van der Waals surface area contributed by atoms with Crippen molar-refractivity contribution in [2.24, 2.45) is 5.92 Å². The van der Waals surface area contributed by atoms with Gasteiger partial charge in [-0.1, -0.05) is 36.4 Å². The number of hydrogen-bond acceptors (Lipinski definition) is 3. The molecule has 4 nitrogen and oxygen atoms in total. The quantitative estimate of drug-likeness (QED) is 0.797. The predicted molar refractivity (Wildman–Crippen MR) is 109 cm³/mol. The third-order valence-corrected chi connectivity index (χ3v) is 6.41. The maximum absolute atomic E-state index is 13.1. The van der Waals surface area contributed by atoms with E-state index in [1.165, 1.54) is 11.1 Å². The van der Waals surface area contributed by atoms with Crippen molar-refractivity contribution < 1.29 is 14.7 Å². The van der Waals surface area contributed by atoms with Crippen molar-refractivity contribution in [3.63, 3.8) is 0 Å². The van der Waals surface area contributed by atoms with Gasteiger partial charge in [-0.3, -0.25) is 9.59 Å². The van der Waals surface area contributed by atoms with Crippen LogP contribution in [-0.4, -0.2) is 34.8 Å². The highest BCUT2D eigenvalue weighted by molar-refractivity contribution is 6.00. The summed E-state index contributed by atoms with van der Waals surface area (Å²) < 4.78 is 0. The van der Waals surface area contributed by atoms with Crippen molar-refractivity contribution >= 4 is 11.7 Å². The van der Waals surface area contributed by atoms with Gasteiger partial charge in [-0.05, 0) is 55.7 Å². The van der Waals surface area contributed by atoms with Gasteiger partial charge in [0.05, 0.1) is 0 Å². The zero-order valence-corrected chi connectivity index (χ0v) is 16.4. The number of likely N-dealkylation sites (tertiary alicyclic amines) is 1. The molecule has 146 valence electrons. The number of carbonyl (C=O) groups is 2. The first kappa shape index (κ1) is 18.7. The molecule has 1 heterocycles. The highest BCUT2D eigenvalue weighted by atomic mass is 16.3. The Morgan fingerprint density at radius 1 is 1.04 bits per heavy atom. The van der Waals surface area contributed by atoms with Crippen LogP contribution in [0.3, 0.4) is 0 Å². The third kappa shape index (κ3) is 3.56. The Morgan fingerprint density at radius 2 is 1.79 bits per heavy atom. The number of nitrogens with zero attached hydrogens (tertiary/aromatic N) is 1. The number of phenols is 1. The van der Waals surface area contributed by atoms with Gasteiger partial charge in [0, 0.05) is 36.6 Å². The van der Waals surface area contributed by atoms with Crippen LogP contribution in [0.4, 0.5) is 0 Å². The first-order chi connectivity index (χ1) is 13.5. The van der Waals surface area contributed by atoms with Crippen LogP contribution in [0.2, 0.25) is 0 Å². The number of carbonyl (C=O) groups excluding carboxylic acids is 2. The first-order valence-electron chi connectivity index (χ1n) is 10.2. The van der Waals surface area contributed by atoms with Crippen molar-refractivity contribution in [2.45, 2.75) is 44.9 Å². The minimum absolute atomic E-state index is 0.0310. The van der Waals surface area contributed by atoms with Gasteiger partial charge in [0.15, 0.2) is 5.78 Å². The molecule has 1 amide bonds. The van der Waals surface area contributed by atoms with Crippen molar-refractivity contribution in [3.8, 4) is 5.75 Å². The van der Waals surface area contributed by atoms with E-state index in [0.717, 1.165) is 25.9 Å². The second kappa shape index (κ2) is 7.78. The van der Waals surface area contributed by atoms with Gasteiger partial charge in [0.2, 0.25) is 5.91 Å². The smallest absolute Gasteiger partial charge is 0.226 e. The topological polar surface area (TPSA) is 57.6 Å². The van der Waals surface area contributed by atoms with Crippen LogP contribution in [0, 0.1) is 12.8 Å². The van der Waals surface area contributed by atoms with Crippen LogP contribution in [0.5, 0.6) is 5.75 Å². The van der Waals surface area contributed by atoms with Crippen LogP contribution >= 0.6 is 0 Å². The molecule has 0 bridgehead atoms. The summed E-state index contributed by atoms with van der Waals surface area (Å²) in [6.07, 6.45) is 3.38. The fourth-order valence-electron chi connectivity index (χ4n) is 4.78. The fraction of sp³-hybridized carbons (Fsp3) is 0.417. The Morgan fingerprint density at radius 3 is 2.54 bits per heavy atom. The van der Waals surface area contributed by atoms with Crippen molar-refractivity contribution in [2.75, 3.05) is 13.1 Å². The summed E-state index contributed by atoms with van der Waals surface area (Å²) in [5.41, 5.74) is 3.99. The molecule has 0 saturated carbocycles. The summed E-state index contributed by atoms with van der Waals surface area (Å²) in [5.74, 6) is 0.454. The number of aryl methyl sites for hydroxylation is 1. The van der Waals surface area contributed by atoms with Gasteiger partial charge in [0.1, 0.15) is 5.75 Å². The molecule has 2 aromatic rings. The number of piperidine rings is 1. The van der Waals surface area contributed by atoms with E-state index in [9.17, 15) is 14.7 Å². The molecular formula is C24H27NO3. The highest BCUT2D eigenvalue weighted by Crippen LogP contribution is 2.34. The van der Waals surface area contributed by atoms with E-state index in [1.807, 2.05) is 4.90 Å². The Bertz CT molecular complexity index is 896. The van der Waals surface area contributed by atoms with Gasteiger partial charge in [-0.2, -0.15) is 0 Å². The standard InChI is InChI=1S/C24H27NO3/c1-16-5-2-3-6-19(16)17-11-13-25(14-12-17)24(28)18-9-10-21-20(23(27)15-18)7-4-8-22(21)26/h2-8,17-18,26H,9-15H2,1H3. The van der Waals surface area contributed by atoms with Crippen LogP contribution in [0.25, 0.3) is 0 Å². The molecule has 0 radical (unpaired) electrons. The number of rotatable bonds is 2. The van der Waals surface area contributed by atoms with Crippen molar-refractivity contribution in [1.29, 1.82) is 0 Å². The largest absolute Gasteiger partial charge is 0.508 e. The van der Waals surface area contributed by atoms with E-state index in [2.05, 4.69) is 31.2 Å². The molecule has 1 N–H and O–H groups in total. The van der Waals surface area contributed by atoms with Crippen LogP contribution < -0.4 is 0 Å². The van der Waals surface area contributed by atoms with E-state index >= 15 is 0 Å². The van der Waals surface area contributed by atoms with Gasteiger partial charge in [-0.25, -0.2) is 0 Å². The van der Waals surface area contributed by atoms with E-state index in [0.29, 0.717) is 29.9 Å². The number of ketones is 1. The van der Waals surface area contributed by atoms with Gasteiger partial charge in [-0.15, -0.1) is 0 Å². The van der Waals surface area contributed by atoms with Gasteiger partial charge in [0.25, 0.3) is 0 Å². The molecule has 1 aliphatic heterocycles. The molecule has 4 rings (SSSR count). The molecule has 0 spiro atoms. The number of phenolic OH excluding ortho intramolecular Hbond substituents is 1. The number of Topliss-reactive ketones (excluding diaryl/α,β-unsaturated/α-hetero) is 1. The second-order valence-electron chi connectivity index (χ2n) is 8.12. The molecule has 28 heavy (non-hydrogen) atoms. The lowest BCUT2D eigenvalue weighted by molar-refractivity contribution is -0.136. The fourth-order valence-corrected chi connectivity index (χ4v) is 4.78. The Labute approximate surface area is 166 Å². The number of benzene rings is 2. The monoisotopic (exact) mass is 377 g/mol. The normalized spacial score (nSPS) is 20.5. The number of aromatic hydroxyl groups is 1. The molecule has 2 aromatic carbocycles. The number of fused-ring (bicyclic) bond motifs is 1. The van der Waals surface area contributed by atoms with E-state index in [4.69, 9.17) is 0 Å². The number of hydrogen-bond donors (Lipinski definition) is 1. The summed E-state index contributed by atoms with van der Waals surface area (Å²) in [6, 6.07) is 13.6. The lowest BCUT2D eigenvalue weighted by atomic mass is 9.86. The molecule has 4 heteroatoms. The molecule has 2 aliphatic rings. The van der Waals surface area contributed by atoms with Crippen molar-refractivity contribution in [3.05, 3.63) is 64.7 Å². The lowest BCUT2D eigenvalue weighted by Crippen LogP contribution is -2.41. The number of amides is 1. The molecule has 1 aliphatic carbocycles. The van der Waals surface area contributed by atoms with Gasteiger partial charge >= 0.3 is 0 Å². The molecule has 0 aromatic heterocycles. The Hall–Kier alpha value is -2.62. The van der Waals surface area contributed by atoms with Crippen LogP contribution in [-0.2, 0) is 11.2 Å². The first-order valence-corrected chi connectivity index (χ1v) is 10.2. The molecule has 1 fully saturated rings. The summed E-state index contributed by atoms with van der Waals surface area (Å²) in [4.78, 5) is 27.7. The molecule has 1 saturated heterocycles. The lowest BCUT2D eigenvalue weighted by Gasteiger charge is -2.34. The van der Waals surface area contributed by atoms with Crippen LogP contribution in [0.15, 0.2) is 42.5 Å². The summed E-state index contributed by atoms with van der Waals surface area (Å²) in [5, 5.41) is 10.1. The highest BCUT2D eigenvalue weighted by Gasteiger charge is 2.33. The summed E-state index contributed by atoms with van der Waals surface area (Å²) in [6.45, 7) is 3.65. The minimum atomic E-state index is -0.283. The zero-order chi connectivity index (χ0) is 19.7. The third-order valence-electron chi connectivity index (χ3n) is 6.41. The van der Waals surface area contributed by atoms with E-state index in [1.54, 1.807) is 18.2 Å². The van der Waals surface area contributed by atoms with E-state index in [-0.39, 0.29) is 29.8 Å². The van der Waals surface area contributed by atoms with Crippen LogP contribution in [0.1, 0.15) is 58.6 Å².